The summed E-state index contributed by atoms with van der Waals surface area (Å²) in [6.07, 6.45) is 1.68. The van der Waals surface area contributed by atoms with Gasteiger partial charge in [-0.15, -0.1) is 12.1 Å². The molecule has 13 heavy (non-hydrogen) atoms. The van der Waals surface area contributed by atoms with E-state index in [1.165, 1.54) is 0 Å². The first-order valence-electron chi connectivity index (χ1n) is 4.52. The van der Waals surface area contributed by atoms with Crippen LogP contribution in [0.15, 0.2) is 24.3 Å². The van der Waals surface area contributed by atoms with Gasteiger partial charge in [0.25, 0.3) is 6.40 Å². The van der Waals surface area contributed by atoms with Gasteiger partial charge in [-0.05, 0) is 5.56 Å². The van der Waals surface area contributed by atoms with Crippen LogP contribution >= 0.6 is 0 Å². The van der Waals surface area contributed by atoms with Gasteiger partial charge in [0.2, 0.25) is 0 Å². The zero-order valence-electron chi connectivity index (χ0n) is 8.32. The lowest BCUT2D eigenvalue weighted by molar-refractivity contribution is -0.453. The van der Waals surface area contributed by atoms with E-state index >= 15 is 0 Å². The summed E-state index contributed by atoms with van der Waals surface area (Å²) in [5, 5.41) is 0. The highest BCUT2D eigenvalue weighted by atomic mass is 16.5. The number of para-hydroxylation sites is 1. The van der Waals surface area contributed by atoms with Crippen molar-refractivity contribution in [2.75, 3.05) is 7.05 Å². The number of hydrogen-bond acceptors (Lipinski definition) is 1. The fraction of sp³-hybridized carbons (Fsp3) is 0.273. The summed E-state index contributed by atoms with van der Waals surface area (Å²) < 4.78 is 7.20. The van der Waals surface area contributed by atoms with Crippen molar-refractivity contribution in [1.82, 2.24) is 0 Å². The summed E-state index contributed by atoms with van der Waals surface area (Å²) in [6, 6.07) is 7.94. The van der Waals surface area contributed by atoms with Crippen LogP contribution in [0.3, 0.4) is 0 Å². The van der Waals surface area contributed by atoms with E-state index in [1.54, 1.807) is 6.40 Å². The maximum atomic E-state index is 5.31. The molecule has 0 aliphatic carbocycles. The second-order valence-corrected chi connectivity index (χ2v) is 2.56. The first kappa shape index (κ1) is 9.65. The molecule has 0 radical (unpaired) electrons. The fourth-order valence-electron chi connectivity index (χ4n) is 1.08. The third kappa shape index (κ3) is 2.25. The lowest BCUT2D eigenvalue weighted by Crippen LogP contribution is -2.14. The maximum absolute atomic E-state index is 5.31. The first-order chi connectivity index (χ1) is 6.36. The van der Waals surface area contributed by atoms with Gasteiger partial charge in [-0.1, -0.05) is 26.0 Å². The number of ether oxygens (including phenoxy) is 1. The lowest BCUT2D eigenvalue weighted by atomic mass is 10.2. The van der Waals surface area contributed by atoms with Gasteiger partial charge in [-0.2, -0.15) is 0 Å². The molecule has 0 N–H and O–H groups in total. The predicted molar refractivity (Wildman–Crippen MR) is 54.1 cm³/mol. The molecule has 2 nitrogen and oxygen atoms in total. The highest BCUT2D eigenvalue weighted by Crippen LogP contribution is 2.21. The Morgan fingerprint density at radius 3 is 2.69 bits per heavy atom. The molecule has 0 aromatic heterocycles. The van der Waals surface area contributed by atoms with Crippen molar-refractivity contribution >= 4 is 6.40 Å². The molecule has 0 atom stereocenters. The topological polar surface area (TPSA) is 12.2 Å². The minimum atomic E-state index is 0.922. The Kier molecular flexibility index (Phi) is 3.38. The minimum absolute atomic E-state index is 0.922. The van der Waals surface area contributed by atoms with Gasteiger partial charge in [-0.3, -0.25) is 4.58 Å². The van der Waals surface area contributed by atoms with Crippen LogP contribution in [0.4, 0.5) is 0 Å². The van der Waals surface area contributed by atoms with Crippen LogP contribution in [0.2, 0.25) is 0 Å². The molecule has 0 spiro atoms. The summed E-state index contributed by atoms with van der Waals surface area (Å²) >= 11 is 0. The van der Waals surface area contributed by atoms with Gasteiger partial charge in [0.15, 0.2) is 0 Å². The molecule has 1 heterocycles. The van der Waals surface area contributed by atoms with Crippen LogP contribution in [0.25, 0.3) is 0 Å². The molecule has 1 aliphatic heterocycles. The van der Waals surface area contributed by atoms with Crippen LogP contribution in [-0.4, -0.2) is 18.0 Å². The van der Waals surface area contributed by atoms with Crippen LogP contribution in [0, 0.1) is 6.54 Å². The highest BCUT2D eigenvalue weighted by Gasteiger charge is 2.04. The fourth-order valence-corrected chi connectivity index (χ4v) is 1.08. The monoisotopic (exact) mass is 177 g/mol. The zero-order valence-corrected chi connectivity index (χ0v) is 8.32. The molecular weight excluding hydrogens is 162 g/mol. The predicted octanol–water partition coefficient (Wildman–Crippen LogP) is 2.29. The number of hydrogen-bond donors (Lipinski definition) is 0. The standard InChI is InChI=1S/C9H9NO.C2H6/c1-10-6-8-4-2-3-5-9(8)11-7-10;1-2/h2-7H,1H3;1-2H3. The van der Waals surface area contributed by atoms with Gasteiger partial charge in [0.05, 0.1) is 6.54 Å². The molecule has 0 bridgehead atoms. The minimum Gasteiger partial charge on any atom is -0.502 e. The van der Waals surface area contributed by atoms with Gasteiger partial charge >= 0.3 is 0 Å². The zero-order chi connectivity index (χ0) is 9.68. The third-order valence-electron chi connectivity index (χ3n) is 1.61. The van der Waals surface area contributed by atoms with Gasteiger partial charge in [0, 0.05) is 5.75 Å². The summed E-state index contributed by atoms with van der Waals surface area (Å²) in [6.45, 7) is 6.03. The molecule has 0 amide bonds. The Morgan fingerprint density at radius 2 is 1.92 bits per heavy atom. The number of fused-ring (bicyclic) bond motifs is 1. The second kappa shape index (κ2) is 4.55. The number of benzene rings is 1. The van der Waals surface area contributed by atoms with E-state index in [0.717, 1.165) is 11.3 Å². The second-order valence-electron chi connectivity index (χ2n) is 2.56. The largest absolute Gasteiger partial charge is 0.502 e. The number of rotatable bonds is 0. The average Bonchev–Trinajstić information content (AvgIpc) is 2.21. The van der Waals surface area contributed by atoms with E-state index in [2.05, 4.69) is 0 Å². The Bertz CT molecular complexity index is 305. The molecule has 2 heteroatoms. The van der Waals surface area contributed by atoms with Gasteiger partial charge in [0.1, 0.15) is 7.05 Å². The molecule has 1 aromatic carbocycles. The van der Waals surface area contributed by atoms with Crippen LogP contribution < -0.4 is 4.74 Å². The van der Waals surface area contributed by atoms with Crippen LogP contribution in [-0.2, 0) is 0 Å². The molecular formula is C11H15NO. The van der Waals surface area contributed by atoms with Crippen LogP contribution in [0.5, 0.6) is 5.75 Å². The quantitative estimate of drug-likeness (QED) is 0.437. The molecule has 0 unspecified atom stereocenters. The molecule has 0 saturated carbocycles. The Morgan fingerprint density at radius 1 is 1.23 bits per heavy atom. The molecule has 1 aliphatic rings. The highest BCUT2D eigenvalue weighted by molar-refractivity contribution is 5.53. The van der Waals surface area contributed by atoms with E-state index in [-0.39, 0.29) is 0 Å². The number of nitrogens with zero attached hydrogens (tertiary/aromatic N) is 1. The van der Waals surface area contributed by atoms with Crippen molar-refractivity contribution in [2.45, 2.75) is 13.8 Å². The van der Waals surface area contributed by atoms with Crippen molar-refractivity contribution in [3.05, 3.63) is 36.4 Å². The normalized spacial score (nSPS) is 12.4. The van der Waals surface area contributed by atoms with E-state index in [9.17, 15) is 0 Å². The maximum Gasteiger partial charge on any atom is 0.253 e. The van der Waals surface area contributed by atoms with Gasteiger partial charge < -0.3 is 4.74 Å². The van der Waals surface area contributed by atoms with Crippen molar-refractivity contribution < 1.29 is 9.31 Å². The van der Waals surface area contributed by atoms with E-state index < -0.39 is 0 Å². The van der Waals surface area contributed by atoms with Crippen molar-refractivity contribution in [1.29, 1.82) is 0 Å². The Hall–Kier alpha value is -1.44. The van der Waals surface area contributed by atoms with E-state index in [1.807, 2.05) is 56.3 Å². The molecule has 1 aromatic rings. The Balaban J connectivity index is 0.000000396. The molecule has 70 valence electrons. The SMILES string of the molecule is CC.C[N+]1=COc2ccccc2[CH-]1. The van der Waals surface area contributed by atoms with E-state index in [4.69, 9.17) is 4.74 Å². The van der Waals surface area contributed by atoms with Crippen molar-refractivity contribution in [3.8, 4) is 5.75 Å². The molecule has 0 fully saturated rings. The summed E-state index contributed by atoms with van der Waals surface area (Å²) in [5.74, 6) is 0.922. The summed E-state index contributed by atoms with van der Waals surface area (Å²) in [5.41, 5.74) is 1.12. The molecule has 2 rings (SSSR count). The van der Waals surface area contributed by atoms with Crippen molar-refractivity contribution in [3.63, 3.8) is 0 Å². The van der Waals surface area contributed by atoms with Crippen LogP contribution in [0.1, 0.15) is 19.4 Å². The average molecular weight is 177 g/mol. The third-order valence-corrected chi connectivity index (χ3v) is 1.61. The van der Waals surface area contributed by atoms with Crippen molar-refractivity contribution in [2.24, 2.45) is 0 Å². The Labute approximate surface area is 79.5 Å². The van der Waals surface area contributed by atoms with E-state index in [0.29, 0.717) is 0 Å². The molecule has 0 saturated heterocycles. The lowest BCUT2D eigenvalue weighted by Gasteiger charge is -2.17. The summed E-state index contributed by atoms with van der Waals surface area (Å²) in [4.78, 5) is 0. The van der Waals surface area contributed by atoms with Gasteiger partial charge in [-0.25, -0.2) is 0 Å². The first-order valence-corrected chi connectivity index (χ1v) is 4.52. The summed E-state index contributed by atoms with van der Waals surface area (Å²) in [7, 11) is 1.94. The smallest absolute Gasteiger partial charge is 0.253 e.